The Morgan fingerprint density at radius 3 is 2.59 bits per heavy atom. The Balaban J connectivity index is 1.90. The summed E-state index contributed by atoms with van der Waals surface area (Å²) in [6, 6.07) is 6.59. The summed E-state index contributed by atoms with van der Waals surface area (Å²) < 4.78 is 22.9. The summed E-state index contributed by atoms with van der Waals surface area (Å²) in [5, 5.41) is 9.84. The highest BCUT2D eigenvalue weighted by atomic mass is 32.2. The van der Waals surface area contributed by atoms with Crippen molar-refractivity contribution < 1.29 is 18.3 Å². The molecule has 1 amide bonds. The highest BCUT2D eigenvalue weighted by Crippen LogP contribution is 2.32. The molecule has 0 saturated carbocycles. The zero-order valence-corrected chi connectivity index (χ0v) is 13.4. The third-order valence-corrected chi connectivity index (χ3v) is 5.79. The molecule has 0 radical (unpaired) electrons. The SMILES string of the molecule is CS(=O)(=O)c1ccc(-c2nc3c(s2)CN(C(=O)O)CC3)cc1. The van der Waals surface area contributed by atoms with Gasteiger partial charge in [0.1, 0.15) is 5.01 Å². The van der Waals surface area contributed by atoms with E-state index >= 15 is 0 Å². The molecule has 0 unspecified atom stereocenters. The van der Waals surface area contributed by atoms with E-state index in [-0.39, 0.29) is 4.90 Å². The second-order valence-corrected chi connectivity index (χ2v) is 8.24. The van der Waals surface area contributed by atoms with Crippen molar-refractivity contribution in [3.05, 3.63) is 34.8 Å². The smallest absolute Gasteiger partial charge is 0.407 e. The van der Waals surface area contributed by atoms with Crippen molar-refractivity contribution in [2.24, 2.45) is 0 Å². The first-order valence-corrected chi connectivity index (χ1v) is 9.32. The van der Waals surface area contributed by atoms with Crippen LogP contribution in [0.3, 0.4) is 0 Å². The standard InChI is InChI=1S/C14H14N2O4S2/c1-22(19,20)10-4-2-9(3-5-10)13-15-11-6-7-16(14(17)18)8-12(11)21-13/h2-5H,6-8H2,1H3,(H,17,18). The third kappa shape index (κ3) is 2.84. The van der Waals surface area contributed by atoms with Crippen LogP contribution in [0.2, 0.25) is 0 Å². The van der Waals surface area contributed by atoms with Crippen LogP contribution in [0, 0.1) is 0 Å². The minimum absolute atomic E-state index is 0.273. The first-order valence-electron chi connectivity index (χ1n) is 6.61. The summed E-state index contributed by atoms with van der Waals surface area (Å²) in [6.07, 6.45) is 0.863. The number of amides is 1. The number of thiazole rings is 1. The molecule has 0 aliphatic carbocycles. The average Bonchev–Trinajstić information content (AvgIpc) is 2.89. The molecule has 22 heavy (non-hydrogen) atoms. The van der Waals surface area contributed by atoms with Crippen molar-refractivity contribution in [1.82, 2.24) is 9.88 Å². The summed E-state index contributed by atoms with van der Waals surface area (Å²) in [6.45, 7) is 0.822. The van der Waals surface area contributed by atoms with Crippen molar-refractivity contribution in [1.29, 1.82) is 0 Å². The highest BCUT2D eigenvalue weighted by molar-refractivity contribution is 7.90. The normalized spacial score (nSPS) is 14.7. The molecule has 1 aromatic heterocycles. The van der Waals surface area contributed by atoms with Gasteiger partial charge in [-0.2, -0.15) is 0 Å². The minimum atomic E-state index is -3.21. The van der Waals surface area contributed by atoms with Gasteiger partial charge >= 0.3 is 6.09 Å². The number of nitrogens with zero attached hydrogens (tertiary/aromatic N) is 2. The molecule has 2 aromatic rings. The molecule has 0 fully saturated rings. The lowest BCUT2D eigenvalue weighted by atomic mass is 10.2. The molecule has 0 atom stereocenters. The average molecular weight is 338 g/mol. The predicted octanol–water partition coefficient (Wildman–Crippen LogP) is 2.25. The molecule has 0 bridgehead atoms. The lowest BCUT2D eigenvalue weighted by Gasteiger charge is -2.22. The molecule has 1 aromatic carbocycles. The molecule has 0 saturated heterocycles. The van der Waals surface area contributed by atoms with Gasteiger partial charge in [-0.3, -0.25) is 0 Å². The van der Waals surface area contributed by atoms with E-state index in [9.17, 15) is 13.2 Å². The van der Waals surface area contributed by atoms with E-state index < -0.39 is 15.9 Å². The first-order chi connectivity index (χ1) is 10.3. The van der Waals surface area contributed by atoms with E-state index in [1.165, 1.54) is 22.5 Å². The van der Waals surface area contributed by atoms with Gasteiger partial charge in [-0.25, -0.2) is 18.2 Å². The van der Waals surface area contributed by atoms with Crippen LogP contribution in [0.15, 0.2) is 29.2 Å². The fourth-order valence-corrected chi connectivity index (χ4v) is 4.09. The fourth-order valence-electron chi connectivity index (χ4n) is 2.33. The second-order valence-electron chi connectivity index (χ2n) is 5.14. The van der Waals surface area contributed by atoms with Gasteiger partial charge in [0.2, 0.25) is 0 Å². The van der Waals surface area contributed by atoms with Crippen LogP contribution in [-0.4, -0.2) is 42.3 Å². The Kier molecular flexibility index (Phi) is 3.65. The summed E-state index contributed by atoms with van der Waals surface area (Å²) in [5.41, 5.74) is 1.78. The molecule has 1 aliphatic rings. The quantitative estimate of drug-likeness (QED) is 0.907. The number of fused-ring (bicyclic) bond motifs is 1. The number of rotatable bonds is 2. The van der Waals surface area contributed by atoms with Crippen molar-refractivity contribution >= 4 is 27.3 Å². The van der Waals surface area contributed by atoms with Crippen molar-refractivity contribution in [3.8, 4) is 10.6 Å². The van der Waals surface area contributed by atoms with Gasteiger partial charge < -0.3 is 10.0 Å². The van der Waals surface area contributed by atoms with Crippen LogP contribution in [0.1, 0.15) is 10.6 Å². The van der Waals surface area contributed by atoms with Crippen molar-refractivity contribution in [2.45, 2.75) is 17.9 Å². The predicted molar refractivity (Wildman–Crippen MR) is 82.8 cm³/mol. The summed E-state index contributed by atoms with van der Waals surface area (Å²) >= 11 is 1.46. The van der Waals surface area contributed by atoms with Gasteiger partial charge in [-0.1, -0.05) is 12.1 Å². The third-order valence-electron chi connectivity index (χ3n) is 3.53. The number of carboxylic acid groups (broad SMARTS) is 1. The fraction of sp³-hybridized carbons (Fsp3) is 0.286. The molecule has 0 spiro atoms. The van der Waals surface area contributed by atoms with Crippen LogP contribution < -0.4 is 0 Å². The summed E-state index contributed by atoms with van der Waals surface area (Å²) in [7, 11) is -3.21. The van der Waals surface area contributed by atoms with Crippen LogP contribution in [-0.2, 0) is 22.8 Å². The number of aromatic nitrogens is 1. The number of sulfone groups is 1. The van der Waals surface area contributed by atoms with E-state index in [4.69, 9.17) is 5.11 Å². The van der Waals surface area contributed by atoms with Gasteiger partial charge in [0, 0.05) is 29.7 Å². The Bertz CT molecular complexity index is 825. The molecule has 2 heterocycles. The molecule has 1 N–H and O–H groups in total. The van der Waals surface area contributed by atoms with Crippen molar-refractivity contribution in [2.75, 3.05) is 12.8 Å². The maximum absolute atomic E-state index is 11.5. The van der Waals surface area contributed by atoms with E-state index in [1.807, 2.05) is 0 Å². The summed E-state index contributed by atoms with van der Waals surface area (Å²) in [5.74, 6) is 0. The van der Waals surface area contributed by atoms with Gasteiger partial charge in [0.05, 0.1) is 17.1 Å². The molecule has 1 aliphatic heterocycles. The van der Waals surface area contributed by atoms with Crippen LogP contribution in [0.25, 0.3) is 10.6 Å². The zero-order chi connectivity index (χ0) is 15.9. The molecule has 116 valence electrons. The first kappa shape index (κ1) is 15.0. The summed E-state index contributed by atoms with van der Waals surface area (Å²) in [4.78, 5) is 18.2. The van der Waals surface area contributed by atoms with Crippen LogP contribution >= 0.6 is 11.3 Å². The number of carbonyl (C=O) groups is 1. The van der Waals surface area contributed by atoms with Gasteiger partial charge in [0.25, 0.3) is 0 Å². The Hall–Kier alpha value is -1.93. The van der Waals surface area contributed by atoms with E-state index in [2.05, 4.69) is 4.98 Å². The minimum Gasteiger partial charge on any atom is -0.465 e. The number of hydrogen-bond donors (Lipinski definition) is 1. The Morgan fingerprint density at radius 1 is 1.32 bits per heavy atom. The molecular weight excluding hydrogens is 324 g/mol. The maximum atomic E-state index is 11.5. The van der Waals surface area contributed by atoms with Gasteiger partial charge in [-0.15, -0.1) is 11.3 Å². The van der Waals surface area contributed by atoms with Crippen LogP contribution in [0.5, 0.6) is 0 Å². The van der Waals surface area contributed by atoms with Gasteiger partial charge in [0.15, 0.2) is 9.84 Å². The van der Waals surface area contributed by atoms with Crippen molar-refractivity contribution in [3.63, 3.8) is 0 Å². The monoisotopic (exact) mass is 338 g/mol. The molecule has 3 rings (SSSR count). The molecular formula is C14H14N2O4S2. The molecule has 8 heteroatoms. The highest BCUT2D eigenvalue weighted by Gasteiger charge is 2.24. The topological polar surface area (TPSA) is 87.6 Å². The number of benzene rings is 1. The largest absolute Gasteiger partial charge is 0.465 e. The van der Waals surface area contributed by atoms with E-state index in [0.717, 1.165) is 21.1 Å². The van der Waals surface area contributed by atoms with E-state index in [0.29, 0.717) is 19.5 Å². The van der Waals surface area contributed by atoms with E-state index in [1.54, 1.807) is 24.3 Å². The number of hydrogen-bond acceptors (Lipinski definition) is 5. The second kappa shape index (κ2) is 5.36. The molecule has 6 nitrogen and oxygen atoms in total. The Morgan fingerprint density at radius 2 is 2.00 bits per heavy atom. The lowest BCUT2D eigenvalue weighted by molar-refractivity contribution is 0.140. The Labute approximate surface area is 132 Å². The maximum Gasteiger partial charge on any atom is 0.407 e. The lowest BCUT2D eigenvalue weighted by Crippen LogP contribution is -2.34. The van der Waals surface area contributed by atoms with Crippen LogP contribution in [0.4, 0.5) is 4.79 Å². The van der Waals surface area contributed by atoms with Gasteiger partial charge in [-0.05, 0) is 12.1 Å². The zero-order valence-electron chi connectivity index (χ0n) is 11.8.